The van der Waals surface area contributed by atoms with E-state index in [0.29, 0.717) is 16.5 Å². The van der Waals surface area contributed by atoms with E-state index in [1.54, 1.807) is 12.1 Å². The average Bonchev–Trinajstić information content (AvgIpc) is 2.76. The van der Waals surface area contributed by atoms with Crippen molar-refractivity contribution in [3.05, 3.63) is 33.8 Å². The predicted octanol–water partition coefficient (Wildman–Crippen LogP) is 2.65. The van der Waals surface area contributed by atoms with Crippen molar-refractivity contribution in [2.75, 3.05) is 6.54 Å². The normalized spacial score (nSPS) is 22.3. The van der Waals surface area contributed by atoms with Gasteiger partial charge in [0.1, 0.15) is 0 Å². The molecule has 0 aliphatic carbocycles. The van der Waals surface area contributed by atoms with Crippen LogP contribution in [0.3, 0.4) is 0 Å². The minimum Gasteiger partial charge on any atom is -0.391 e. The van der Waals surface area contributed by atoms with Gasteiger partial charge in [0.15, 0.2) is 0 Å². The smallest absolute Gasteiger partial charge is 0.0733 e. The number of hydrogen-bond donors (Lipinski definition) is 2. The lowest BCUT2D eigenvalue weighted by molar-refractivity contribution is 0.136. The molecular weight excluding hydrogens is 245 g/mol. The first-order chi connectivity index (χ1) is 7.66. The minimum absolute atomic E-state index is 0.190. The second-order valence-corrected chi connectivity index (χ2v) is 5.05. The van der Waals surface area contributed by atoms with Crippen LogP contribution in [-0.2, 0) is 6.42 Å². The molecular formula is C12H15Cl2NO. The molecule has 2 N–H and O–H groups in total. The number of aliphatic hydroxyl groups excluding tert-OH is 1. The summed E-state index contributed by atoms with van der Waals surface area (Å²) >= 11 is 12.0. The van der Waals surface area contributed by atoms with Crippen LogP contribution in [0.1, 0.15) is 18.4 Å². The van der Waals surface area contributed by atoms with Crippen LogP contribution in [-0.4, -0.2) is 23.8 Å². The zero-order valence-electron chi connectivity index (χ0n) is 8.92. The lowest BCUT2D eigenvalue weighted by atomic mass is 10.0. The SMILES string of the molecule is OC(Cc1cc(Cl)ccc1Cl)C1CCCN1. The Hall–Kier alpha value is -0.280. The third-order valence-electron chi connectivity index (χ3n) is 3.00. The first-order valence-corrected chi connectivity index (χ1v) is 6.28. The number of halogens is 2. The van der Waals surface area contributed by atoms with Crippen molar-refractivity contribution in [2.45, 2.75) is 31.4 Å². The topological polar surface area (TPSA) is 32.3 Å². The Labute approximate surface area is 106 Å². The summed E-state index contributed by atoms with van der Waals surface area (Å²) in [6, 6.07) is 5.54. The van der Waals surface area contributed by atoms with Crippen molar-refractivity contribution >= 4 is 23.2 Å². The van der Waals surface area contributed by atoms with Gasteiger partial charge < -0.3 is 10.4 Å². The van der Waals surface area contributed by atoms with E-state index in [1.807, 2.05) is 6.07 Å². The average molecular weight is 260 g/mol. The molecule has 88 valence electrons. The zero-order chi connectivity index (χ0) is 11.5. The highest BCUT2D eigenvalue weighted by atomic mass is 35.5. The summed E-state index contributed by atoms with van der Waals surface area (Å²) in [5.41, 5.74) is 0.912. The third-order valence-corrected chi connectivity index (χ3v) is 3.60. The van der Waals surface area contributed by atoms with Crippen LogP contribution in [0, 0.1) is 0 Å². The van der Waals surface area contributed by atoms with E-state index >= 15 is 0 Å². The van der Waals surface area contributed by atoms with E-state index in [9.17, 15) is 5.11 Å². The molecule has 0 aromatic heterocycles. The van der Waals surface area contributed by atoms with Gasteiger partial charge in [-0.05, 0) is 43.1 Å². The molecule has 16 heavy (non-hydrogen) atoms. The van der Waals surface area contributed by atoms with Gasteiger partial charge in [0, 0.05) is 22.5 Å². The molecule has 2 unspecified atom stereocenters. The Morgan fingerprint density at radius 1 is 1.44 bits per heavy atom. The zero-order valence-corrected chi connectivity index (χ0v) is 10.4. The fourth-order valence-corrected chi connectivity index (χ4v) is 2.50. The molecule has 2 rings (SSSR count). The van der Waals surface area contributed by atoms with E-state index in [1.165, 1.54) is 0 Å². The van der Waals surface area contributed by atoms with Crippen molar-refractivity contribution in [2.24, 2.45) is 0 Å². The van der Waals surface area contributed by atoms with Gasteiger partial charge in [-0.1, -0.05) is 23.2 Å². The van der Waals surface area contributed by atoms with Gasteiger partial charge in [-0.25, -0.2) is 0 Å². The molecule has 1 aliphatic heterocycles. The Kier molecular flexibility index (Phi) is 4.09. The van der Waals surface area contributed by atoms with Gasteiger partial charge in [0.05, 0.1) is 6.10 Å². The van der Waals surface area contributed by atoms with E-state index < -0.39 is 6.10 Å². The number of nitrogens with one attached hydrogen (secondary N) is 1. The maximum absolute atomic E-state index is 10.1. The molecule has 2 nitrogen and oxygen atoms in total. The maximum atomic E-state index is 10.1. The predicted molar refractivity (Wildman–Crippen MR) is 67.2 cm³/mol. The molecule has 0 amide bonds. The van der Waals surface area contributed by atoms with Crippen LogP contribution >= 0.6 is 23.2 Å². The molecule has 2 atom stereocenters. The molecule has 0 radical (unpaired) electrons. The first kappa shape index (κ1) is 12.2. The van der Waals surface area contributed by atoms with Gasteiger partial charge in [-0.3, -0.25) is 0 Å². The largest absolute Gasteiger partial charge is 0.391 e. The molecule has 1 saturated heterocycles. The van der Waals surface area contributed by atoms with E-state index in [4.69, 9.17) is 23.2 Å². The molecule has 4 heteroatoms. The number of aliphatic hydroxyl groups is 1. The van der Waals surface area contributed by atoms with Crippen molar-refractivity contribution < 1.29 is 5.11 Å². The monoisotopic (exact) mass is 259 g/mol. The van der Waals surface area contributed by atoms with Crippen LogP contribution in [0.15, 0.2) is 18.2 Å². The van der Waals surface area contributed by atoms with Crippen LogP contribution in [0.4, 0.5) is 0 Å². The third kappa shape index (κ3) is 2.89. The molecule has 0 bridgehead atoms. The summed E-state index contributed by atoms with van der Waals surface area (Å²) in [5.74, 6) is 0. The molecule has 1 aliphatic rings. The highest BCUT2D eigenvalue weighted by Gasteiger charge is 2.23. The van der Waals surface area contributed by atoms with Crippen LogP contribution in [0.25, 0.3) is 0 Å². The van der Waals surface area contributed by atoms with Crippen LogP contribution in [0.2, 0.25) is 10.0 Å². The number of benzene rings is 1. The highest BCUT2D eigenvalue weighted by Crippen LogP contribution is 2.23. The van der Waals surface area contributed by atoms with Crippen molar-refractivity contribution in [3.63, 3.8) is 0 Å². The Balaban J connectivity index is 2.04. The fourth-order valence-electron chi connectivity index (χ4n) is 2.11. The molecule has 0 spiro atoms. The minimum atomic E-state index is -0.390. The molecule has 1 aromatic carbocycles. The van der Waals surface area contributed by atoms with Crippen molar-refractivity contribution in [1.29, 1.82) is 0 Å². The van der Waals surface area contributed by atoms with Crippen molar-refractivity contribution in [1.82, 2.24) is 5.32 Å². The summed E-state index contributed by atoms with van der Waals surface area (Å²) in [5, 5.41) is 14.7. The van der Waals surface area contributed by atoms with E-state index in [2.05, 4.69) is 5.32 Å². The maximum Gasteiger partial charge on any atom is 0.0733 e. The Bertz CT molecular complexity index is 364. The standard InChI is InChI=1S/C12H15Cl2NO/c13-9-3-4-10(14)8(6-9)7-12(16)11-2-1-5-15-11/h3-4,6,11-12,15-16H,1-2,5,7H2. The molecule has 1 heterocycles. The first-order valence-electron chi connectivity index (χ1n) is 5.52. The van der Waals surface area contributed by atoms with Crippen LogP contribution in [0.5, 0.6) is 0 Å². The second kappa shape index (κ2) is 5.37. The van der Waals surface area contributed by atoms with Gasteiger partial charge >= 0.3 is 0 Å². The van der Waals surface area contributed by atoms with Crippen molar-refractivity contribution in [3.8, 4) is 0 Å². The number of hydrogen-bond acceptors (Lipinski definition) is 2. The molecule has 0 saturated carbocycles. The van der Waals surface area contributed by atoms with Gasteiger partial charge in [-0.2, -0.15) is 0 Å². The Morgan fingerprint density at radius 2 is 2.25 bits per heavy atom. The summed E-state index contributed by atoms with van der Waals surface area (Å²) in [4.78, 5) is 0. The summed E-state index contributed by atoms with van der Waals surface area (Å²) in [7, 11) is 0. The fraction of sp³-hybridized carbons (Fsp3) is 0.500. The summed E-state index contributed by atoms with van der Waals surface area (Å²) in [6.45, 7) is 0.991. The quantitative estimate of drug-likeness (QED) is 0.875. The molecule has 1 aromatic rings. The van der Waals surface area contributed by atoms with Gasteiger partial charge in [0.25, 0.3) is 0 Å². The lowest BCUT2D eigenvalue weighted by Gasteiger charge is -2.18. The highest BCUT2D eigenvalue weighted by molar-refractivity contribution is 6.33. The number of rotatable bonds is 3. The molecule has 1 fully saturated rings. The second-order valence-electron chi connectivity index (χ2n) is 4.21. The lowest BCUT2D eigenvalue weighted by Crippen LogP contribution is -2.36. The van der Waals surface area contributed by atoms with Crippen LogP contribution < -0.4 is 5.32 Å². The summed E-state index contributed by atoms with van der Waals surface area (Å²) in [6.07, 6.45) is 2.32. The van der Waals surface area contributed by atoms with Gasteiger partial charge in [0.2, 0.25) is 0 Å². The van der Waals surface area contributed by atoms with Gasteiger partial charge in [-0.15, -0.1) is 0 Å². The summed E-state index contributed by atoms with van der Waals surface area (Å²) < 4.78 is 0. The van der Waals surface area contributed by atoms with E-state index in [-0.39, 0.29) is 6.04 Å². The van der Waals surface area contributed by atoms with E-state index in [0.717, 1.165) is 24.9 Å². The Morgan fingerprint density at radius 3 is 2.94 bits per heavy atom.